The van der Waals surface area contributed by atoms with Crippen LogP contribution in [0.4, 0.5) is 0 Å². The molecular weight excluding hydrogens is 266 g/mol. The van der Waals surface area contributed by atoms with E-state index in [1.165, 1.54) is 0 Å². The zero-order chi connectivity index (χ0) is 13.9. The lowest BCUT2D eigenvalue weighted by atomic mass is 9.79. The van der Waals surface area contributed by atoms with Gasteiger partial charge in [0.1, 0.15) is 5.54 Å². The van der Waals surface area contributed by atoms with Crippen molar-refractivity contribution in [3.63, 3.8) is 0 Å². The number of aliphatic carboxylic acids is 1. The number of carboxylic acid groups (broad SMARTS) is 1. The third-order valence-corrected chi connectivity index (χ3v) is 3.99. The zero-order valence-corrected chi connectivity index (χ0v) is 11.9. The van der Waals surface area contributed by atoms with E-state index in [1.807, 2.05) is 6.92 Å². The summed E-state index contributed by atoms with van der Waals surface area (Å²) in [5, 5.41) is 17.6. The molecule has 0 amide bonds. The maximum atomic E-state index is 11.6. The van der Waals surface area contributed by atoms with Crippen molar-refractivity contribution in [1.29, 1.82) is 0 Å². The van der Waals surface area contributed by atoms with Crippen molar-refractivity contribution in [2.45, 2.75) is 50.6 Å². The molecule has 5 nitrogen and oxygen atoms in total. The van der Waals surface area contributed by atoms with Crippen LogP contribution in [0.5, 0.6) is 0 Å². The molecule has 19 heavy (non-hydrogen) atoms. The summed E-state index contributed by atoms with van der Waals surface area (Å²) in [6.07, 6.45) is 7.34. The normalized spacial score (nSPS) is 27.4. The van der Waals surface area contributed by atoms with E-state index in [1.54, 1.807) is 17.1 Å². The molecule has 1 aromatic heterocycles. The number of hydrogen-bond donors (Lipinski definition) is 2. The first kappa shape index (κ1) is 14.3. The van der Waals surface area contributed by atoms with Gasteiger partial charge in [-0.15, -0.1) is 0 Å². The van der Waals surface area contributed by atoms with Crippen LogP contribution in [0, 0.1) is 0 Å². The van der Waals surface area contributed by atoms with Gasteiger partial charge in [0.15, 0.2) is 0 Å². The van der Waals surface area contributed by atoms with E-state index in [-0.39, 0.29) is 6.04 Å². The van der Waals surface area contributed by atoms with Gasteiger partial charge >= 0.3 is 5.97 Å². The summed E-state index contributed by atoms with van der Waals surface area (Å²) < 4.78 is 1.80. The molecule has 0 aliphatic heterocycles. The molecule has 1 aliphatic carbocycles. The molecule has 0 spiro atoms. The molecule has 1 heterocycles. The summed E-state index contributed by atoms with van der Waals surface area (Å²) in [4.78, 5) is 11.6. The van der Waals surface area contributed by atoms with E-state index in [0.29, 0.717) is 17.9 Å². The Labute approximate surface area is 117 Å². The monoisotopic (exact) mass is 285 g/mol. The van der Waals surface area contributed by atoms with Crippen LogP contribution in [0.2, 0.25) is 5.02 Å². The second-order valence-corrected chi connectivity index (χ2v) is 5.64. The Morgan fingerprint density at radius 1 is 1.74 bits per heavy atom. The van der Waals surface area contributed by atoms with E-state index in [0.717, 1.165) is 25.8 Å². The Hall–Kier alpha value is -1.07. The maximum Gasteiger partial charge on any atom is 0.323 e. The molecule has 6 heteroatoms. The molecule has 0 bridgehead atoms. The molecule has 1 fully saturated rings. The fourth-order valence-corrected chi connectivity index (χ4v) is 2.92. The predicted molar refractivity (Wildman–Crippen MR) is 73.4 cm³/mol. The van der Waals surface area contributed by atoms with Crippen LogP contribution in [-0.2, 0) is 4.79 Å². The number of rotatable bonds is 5. The number of carboxylic acids is 1. The van der Waals surface area contributed by atoms with Crippen molar-refractivity contribution in [1.82, 2.24) is 15.1 Å². The standard InChI is InChI=1S/C13H20ClN3O2/c1-2-6-15-13(12(18)19)5-3-4-11(7-13)17-9-10(14)8-16-17/h8-9,11,15H,2-7H2,1H3,(H,18,19). The molecule has 1 saturated carbocycles. The van der Waals surface area contributed by atoms with Crippen LogP contribution < -0.4 is 5.32 Å². The van der Waals surface area contributed by atoms with Gasteiger partial charge in [-0.05, 0) is 38.6 Å². The Morgan fingerprint density at radius 2 is 2.53 bits per heavy atom. The SMILES string of the molecule is CCCNC1(C(=O)O)CCCC(n2cc(Cl)cn2)C1. The second kappa shape index (κ2) is 5.92. The fourth-order valence-electron chi connectivity index (χ4n) is 2.78. The first-order chi connectivity index (χ1) is 9.07. The number of nitrogens with zero attached hydrogens (tertiary/aromatic N) is 2. The minimum Gasteiger partial charge on any atom is -0.480 e. The molecule has 2 atom stereocenters. The third kappa shape index (κ3) is 3.09. The zero-order valence-electron chi connectivity index (χ0n) is 11.1. The van der Waals surface area contributed by atoms with Crippen molar-refractivity contribution in [2.24, 2.45) is 0 Å². The third-order valence-electron chi connectivity index (χ3n) is 3.79. The molecule has 2 N–H and O–H groups in total. The van der Waals surface area contributed by atoms with Gasteiger partial charge in [0.2, 0.25) is 0 Å². The van der Waals surface area contributed by atoms with Crippen LogP contribution >= 0.6 is 11.6 Å². The Balaban J connectivity index is 2.15. The lowest BCUT2D eigenvalue weighted by molar-refractivity contribution is -0.147. The number of nitrogens with one attached hydrogen (secondary N) is 1. The van der Waals surface area contributed by atoms with E-state index < -0.39 is 11.5 Å². The van der Waals surface area contributed by atoms with E-state index >= 15 is 0 Å². The largest absolute Gasteiger partial charge is 0.480 e. The van der Waals surface area contributed by atoms with Gasteiger partial charge in [-0.1, -0.05) is 18.5 Å². The summed E-state index contributed by atoms with van der Waals surface area (Å²) in [5.41, 5.74) is -0.822. The Kier molecular flexibility index (Phi) is 4.47. The summed E-state index contributed by atoms with van der Waals surface area (Å²) in [5.74, 6) is -0.760. The minimum atomic E-state index is -0.822. The molecule has 0 aromatic carbocycles. The van der Waals surface area contributed by atoms with Gasteiger partial charge in [0.25, 0.3) is 0 Å². The highest BCUT2D eigenvalue weighted by Crippen LogP contribution is 2.35. The Bertz CT molecular complexity index is 449. The molecular formula is C13H20ClN3O2. The quantitative estimate of drug-likeness (QED) is 0.872. The van der Waals surface area contributed by atoms with Crippen LogP contribution in [0.3, 0.4) is 0 Å². The lowest BCUT2D eigenvalue weighted by Crippen LogP contribution is -2.55. The number of aromatic nitrogens is 2. The number of carbonyl (C=O) groups is 1. The topological polar surface area (TPSA) is 67.2 Å². The van der Waals surface area contributed by atoms with Gasteiger partial charge in [0, 0.05) is 6.20 Å². The average Bonchev–Trinajstić information content (AvgIpc) is 2.83. The summed E-state index contributed by atoms with van der Waals surface area (Å²) in [6.45, 7) is 2.76. The first-order valence-electron chi connectivity index (χ1n) is 6.75. The van der Waals surface area contributed by atoms with Crippen LogP contribution in [0.15, 0.2) is 12.4 Å². The van der Waals surface area contributed by atoms with Crippen molar-refractivity contribution < 1.29 is 9.90 Å². The molecule has 2 unspecified atom stereocenters. The van der Waals surface area contributed by atoms with Crippen LogP contribution in [0.1, 0.15) is 45.1 Å². The van der Waals surface area contributed by atoms with Gasteiger partial charge in [-0.2, -0.15) is 5.10 Å². The van der Waals surface area contributed by atoms with E-state index in [9.17, 15) is 9.90 Å². The molecule has 2 rings (SSSR count). The van der Waals surface area contributed by atoms with Crippen molar-refractivity contribution >= 4 is 17.6 Å². The summed E-state index contributed by atoms with van der Waals surface area (Å²) >= 11 is 5.88. The van der Waals surface area contributed by atoms with Gasteiger partial charge in [-0.3, -0.25) is 9.48 Å². The predicted octanol–water partition coefficient (Wildman–Crippen LogP) is 2.47. The van der Waals surface area contributed by atoms with Crippen molar-refractivity contribution in [3.8, 4) is 0 Å². The first-order valence-corrected chi connectivity index (χ1v) is 7.13. The highest BCUT2D eigenvalue weighted by atomic mass is 35.5. The highest BCUT2D eigenvalue weighted by Gasteiger charge is 2.43. The number of hydrogen-bond acceptors (Lipinski definition) is 3. The maximum absolute atomic E-state index is 11.6. The summed E-state index contributed by atoms with van der Waals surface area (Å²) in [6, 6.07) is 0.0988. The summed E-state index contributed by atoms with van der Waals surface area (Å²) in [7, 11) is 0. The van der Waals surface area contributed by atoms with Crippen LogP contribution in [0.25, 0.3) is 0 Å². The minimum absolute atomic E-state index is 0.0988. The molecule has 0 saturated heterocycles. The second-order valence-electron chi connectivity index (χ2n) is 5.20. The van der Waals surface area contributed by atoms with E-state index in [2.05, 4.69) is 10.4 Å². The van der Waals surface area contributed by atoms with Crippen LogP contribution in [-0.4, -0.2) is 32.9 Å². The molecule has 1 aromatic rings. The van der Waals surface area contributed by atoms with Crippen molar-refractivity contribution in [3.05, 3.63) is 17.4 Å². The fraction of sp³-hybridized carbons (Fsp3) is 0.692. The highest BCUT2D eigenvalue weighted by molar-refractivity contribution is 6.30. The Morgan fingerprint density at radius 3 is 3.11 bits per heavy atom. The number of halogens is 1. The molecule has 106 valence electrons. The molecule has 0 radical (unpaired) electrons. The van der Waals surface area contributed by atoms with E-state index in [4.69, 9.17) is 11.6 Å². The lowest BCUT2D eigenvalue weighted by Gasteiger charge is -2.38. The van der Waals surface area contributed by atoms with Gasteiger partial charge in [0.05, 0.1) is 17.3 Å². The van der Waals surface area contributed by atoms with Crippen molar-refractivity contribution in [2.75, 3.05) is 6.54 Å². The average molecular weight is 286 g/mol. The van der Waals surface area contributed by atoms with Gasteiger partial charge < -0.3 is 10.4 Å². The smallest absolute Gasteiger partial charge is 0.323 e. The molecule has 1 aliphatic rings. The van der Waals surface area contributed by atoms with Gasteiger partial charge in [-0.25, -0.2) is 0 Å².